The first-order valence-corrected chi connectivity index (χ1v) is 8.45. The molecule has 0 radical (unpaired) electrons. The van der Waals surface area contributed by atoms with Crippen LogP contribution in [0.25, 0.3) is 0 Å². The Kier molecular flexibility index (Phi) is 6.60. The number of carbonyl (C=O) groups is 2. The highest BCUT2D eigenvalue weighted by Gasteiger charge is 2.18. The van der Waals surface area contributed by atoms with Gasteiger partial charge in [0, 0.05) is 32.1 Å². The van der Waals surface area contributed by atoms with Crippen LogP contribution in [0.15, 0.2) is 30.6 Å². The van der Waals surface area contributed by atoms with Crippen LogP contribution >= 0.6 is 0 Å². The Morgan fingerprint density at radius 3 is 2.65 bits per heavy atom. The number of methoxy groups -OCH3 is 1. The van der Waals surface area contributed by atoms with Gasteiger partial charge in [-0.25, -0.2) is 9.78 Å². The van der Waals surface area contributed by atoms with Crippen LogP contribution in [0.4, 0.5) is 16.2 Å². The summed E-state index contributed by atoms with van der Waals surface area (Å²) in [6.45, 7) is 3.47. The van der Waals surface area contributed by atoms with E-state index in [1.165, 1.54) is 14.0 Å². The van der Waals surface area contributed by atoms with E-state index in [1.54, 1.807) is 24.4 Å². The third-order valence-electron chi connectivity index (χ3n) is 3.82. The molecule has 0 saturated carbocycles. The quantitative estimate of drug-likeness (QED) is 0.708. The molecule has 1 heterocycles. The number of amides is 3. The van der Waals surface area contributed by atoms with Gasteiger partial charge in [0.1, 0.15) is 11.6 Å². The average molecular weight is 359 g/mol. The number of nitrogens with zero attached hydrogens (tertiary/aromatic N) is 2. The number of imidazole rings is 1. The third-order valence-corrected chi connectivity index (χ3v) is 3.82. The molecule has 3 N–H and O–H groups in total. The van der Waals surface area contributed by atoms with Gasteiger partial charge in [-0.15, -0.1) is 0 Å². The van der Waals surface area contributed by atoms with E-state index < -0.39 is 0 Å². The summed E-state index contributed by atoms with van der Waals surface area (Å²) in [5, 5.41) is 8.41. The van der Waals surface area contributed by atoms with E-state index >= 15 is 0 Å². The second-order valence-corrected chi connectivity index (χ2v) is 5.93. The molecule has 2 aromatic rings. The SMILES string of the molecule is CCC[C@H](NC(=O)Nc1cc(NC(C)=O)ccc1OC)c1nccn1C. The number of hydrogen-bond donors (Lipinski definition) is 3. The van der Waals surface area contributed by atoms with Gasteiger partial charge < -0.3 is 25.3 Å². The van der Waals surface area contributed by atoms with E-state index in [9.17, 15) is 9.59 Å². The highest BCUT2D eigenvalue weighted by Crippen LogP contribution is 2.28. The van der Waals surface area contributed by atoms with Crippen molar-refractivity contribution in [3.63, 3.8) is 0 Å². The first-order valence-electron chi connectivity index (χ1n) is 8.45. The summed E-state index contributed by atoms with van der Waals surface area (Å²) in [6, 6.07) is 4.46. The second kappa shape index (κ2) is 8.89. The van der Waals surface area contributed by atoms with Crippen molar-refractivity contribution in [3.8, 4) is 5.75 Å². The van der Waals surface area contributed by atoms with Gasteiger partial charge in [-0.05, 0) is 24.6 Å². The minimum Gasteiger partial charge on any atom is -0.495 e. The van der Waals surface area contributed by atoms with Crippen LogP contribution in [0.2, 0.25) is 0 Å². The average Bonchev–Trinajstić information content (AvgIpc) is 3.00. The fraction of sp³-hybridized carbons (Fsp3) is 0.389. The van der Waals surface area contributed by atoms with Gasteiger partial charge in [0.05, 0.1) is 18.8 Å². The van der Waals surface area contributed by atoms with Gasteiger partial charge >= 0.3 is 6.03 Å². The molecule has 0 aliphatic heterocycles. The third kappa shape index (κ3) is 4.98. The van der Waals surface area contributed by atoms with E-state index in [2.05, 4.69) is 27.9 Å². The number of ether oxygens (including phenoxy) is 1. The van der Waals surface area contributed by atoms with Crippen molar-refractivity contribution in [3.05, 3.63) is 36.4 Å². The molecule has 0 aliphatic carbocycles. The predicted octanol–water partition coefficient (Wildman–Crippen LogP) is 3.05. The highest BCUT2D eigenvalue weighted by molar-refractivity contribution is 5.94. The Balaban J connectivity index is 2.14. The molecule has 8 heteroatoms. The number of nitrogens with one attached hydrogen (secondary N) is 3. The maximum atomic E-state index is 12.5. The molecule has 0 spiro atoms. The van der Waals surface area contributed by atoms with Crippen molar-refractivity contribution in [1.29, 1.82) is 0 Å². The van der Waals surface area contributed by atoms with Crippen molar-refractivity contribution in [1.82, 2.24) is 14.9 Å². The van der Waals surface area contributed by atoms with Crippen molar-refractivity contribution in [2.45, 2.75) is 32.7 Å². The minimum absolute atomic E-state index is 0.191. The number of carbonyl (C=O) groups excluding carboxylic acids is 2. The number of hydrogen-bond acceptors (Lipinski definition) is 4. The lowest BCUT2D eigenvalue weighted by molar-refractivity contribution is -0.114. The molecule has 0 saturated heterocycles. The molecule has 140 valence electrons. The van der Waals surface area contributed by atoms with E-state index in [0.717, 1.165) is 18.7 Å². The summed E-state index contributed by atoms with van der Waals surface area (Å²) in [5.41, 5.74) is 1.04. The van der Waals surface area contributed by atoms with Crippen molar-refractivity contribution >= 4 is 23.3 Å². The Hall–Kier alpha value is -3.03. The molecule has 1 aromatic heterocycles. The van der Waals surface area contributed by atoms with Crippen molar-refractivity contribution in [2.75, 3.05) is 17.7 Å². The van der Waals surface area contributed by atoms with Crippen LogP contribution in [0.5, 0.6) is 5.75 Å². The van der Waals surface area contributed by atoms with Crippen LogP contribution in [-0.2, 0) is 11.8 Å². The zero-order valence-electron chi connectivity index (χ0n) is 15.5. The predicted molar refractivity (Wildman–Crippen MR) is 100 cm³/mol. The Morgan fingerprint density at radius 1 is 1.31 bits per heavy atom. The van der Waals surface area contributed by atoms with E-state index in [4.69, 9.17) is 4.74 Å². The van der Waals surface area contributed by atoms with Crippen LogP contribution in [0.1, 0.15) is 38.6 Å². The summed E-state index contributed by atoms with van der Waals surface area (Å²) in [5.74, 6) is 1.10. The van der Waals surface area contributed by atoms with Gasteiger partial charge in [-0.1, -0.05) is 13.3 Å². The van der Waals surface area contributed by atoms with Crippen LogP contribution < -0.4 is 20.7 Å². The standard InChI is InChI=1S/C18H25N5O3/c1-5-6-14(17-19-9-10-23(17)3)21-18(25)22-15-11-13(20-12(2)24)7-8-16(15)26-4/h7-11,14H,5-6H2,1-4H3,(H,20,24)(H2,21,22,25)/t14-/m0/s1. The second-order valence-electron chi connectivity index (χ2n) is 5.93. The molecule has 8 nitrogen and oxygen atoms in total. The zero-order valence-corrected chi connectivity index (χ0v) is 15.5. The van der Waals surface area contributed by atoms with Crippen LogP contribution in [-0.4, -0.2) is 28.6 Å². The van der Waals surface area contributed by atoms with Gasteiger partial charge in [0.2, 0.25) is 5.91 Å². The Morgan fingerprint density at radius 2 is 2.08 bits per heavy atom. The molecule has 1 atom stereocenters. The molecule has 2 rings (SSSR count). The number of aryl methyl sites for hydroxylation is 1. The number of rotatable bonds is 7. The molecule has 0 bridgehead atoms. The summed E-state index contributed by atoms with van der Waals surface area (Å²) in [4.78, 5) is 28.1. The maximum absolute atomic E-state index is 12.5. The van der Waals surface area contributed by atoms with Crippen LogP contribution in [0, 0.1) is 0 Å². The van der Waals surface area contributed by atoms with Crippen molar-refractivity contribution < 1.29 is 14.3 Å². The molecule has 26 heavy (non-hydrogen) atoms. The Labute approximate surface area is 152 Å². The largest absolute Gasteiger partial charge is 0.495 e. The highest BCUT2D eigenvalue weighted by atomic mass is 16.5. The van der Waals surface area contributed by atoms with E-state index in [1.807, 2.05) is 17.8 Å². The maximum Gasteiger partial charge on any atom is 0.319 e. The van der Waals surface area contributed by atoms with Gasteiger partial charge in [0.15, 0.2) is 0 Å². The minimum atomic E-state index is -0.371. The van der Waals surface area contributed by atoms with Gasteiger partial charge in [-0.2, -0.15) is 0 Å². The molecule has 0 unspecified atom stereocenters. The molecule has 0 fully saturated rings. The normalized spacial score (nSPS) is 11.5. The molecule has 3 amide bonds. The lowest BCUT2D eigenvalue weighted by Gasteiger charge is -2.19. The smallest absolute Gasteiger partial charge is 0.319 e. The fourth-order valence-corrected chi connectivity index (χ4v) is 2.67. The molecular formula is C18H25N5O3. The molecular weight excluding hydrogens is 334 g/mol. The summed E-state index contributed by atoms with van der Waals surface area (Å²) in [7, 11) is 3.41. The van der Waals surface area contributed by atoms with Gasteiger partial charge in [-0.3, -0.25) is 4.79 Å². The lowest BCUT2D eigenvalue weighted by Crippen LogP contribution is -2.34. The summed E-state index contributed by atoms with van der Waals surface area (Å²) < 4.78 is 7.17. The number of aromatic nitrogens is 2. The van der Waals surface area contributed by atoms with Crippen molar-refractivity contribution in [2.24, 2.45) is 7.05 Å². The summed E-state index contributed by atoms with van der Waals surface area (Å²) >= 11 is 0. The fourth-order valence-electron chi connectivity index (χ4n) is 2.67. The molecule has 1 aromatic carbocycles. The van der Waals surface area contributed by atoms with E-state index in [0.29, 0.717) is 17.1 Å². The first kappa shape index (κ1) is 19.3. The molecule has 0 aliphatic rings. The zero-order chi connectivity index (χ0) is 19.1. The summed E-state index contributed by atoms with van der Waals surface area (Å²) in [6.07, 6.45) is 5.22. The van der Waals surface area contributed by atoms with Gasteiger partial charge in [0.25, 0.3) is 0 Å². The first-order chi connectivity index (χ1) is 12.4. The lowest BCUT2D eigenvalue weighted by atomic mass is 10.1. The Bertz CT molecular complexity index is 772. The number of urea groups is 1. The van der Waals surface area contributed by atoms with Crippen LogP contribution in [0.3, 0.4) is 0 Å². The number of benzene rings is 1. The number of anilines is 2. The monoisotopic (exact) mass is 359 g/mol. The van der Waals surface area contributed by atoms with E-state index in [-0.39, 0.29) is 18.0 Å². The topological polar surface area (TPSA) is 97.3 Å².